The zero-order valence-electron chi connectivity index (χ0n) is 17.2. The highest BCUT2D eigenvalue weighted by Gasteiger charge is 2.25. The first kappa shape index (κ1) is 23.6. The van der Waals surface area contributed by atoms with Crippen molar-refractivity contribution in [3.8, 4) is 0 Å². The molecule has 0 saturated heterocycles. The molecule has 1 unspecified atom stereocenters. The van der Waals surface area contributed by atoms with Gasteiger partial charge in [-0.25, -0.2) is 9.97 Å². The van der Waals surface area contributed by atoms with Gasteiger partial charge in [-0.3, -0.25) is 9.59 Å². The number of carbonyl (C=O) groups is 2. The summed E-state index contributed by atoms with van der Waals surface area (Å²) in [6.45, 7) is 5.98. The third-order valence-electron chi connectivity index (χ3n) is 4.24. The maximum Gasteiger partial charge on any atom is 0.285 e. The predicted octanol–water partition coefficient (Wildman–Crippen LogP) is 3.46. The average Bonchev–Trinajstić information content (AvgIpc) is 2.69. The summed E-state index contributed by atoms with van der Waals surface area (Å²) in [5, 5.41) is 8.47. The molecule has 0 bridgehead atoms. The Kier molecular flexibility index (Phi) is 8.17. The van der Waals surface area contributed by atoms with Crippen molar-refractivity contribution in [2.24, 2.45) is 0 Å². The second-order valence-corrected chi connectivity index (χ2v) is 7.40. The molecule has 0 saturated carbocycles. The number of carbonyl (C=O) groups excluding carboxylic acids is 2. The van der Waals surface area contributed by atoms with Gasteiger partial charge in [-0.05, 0) is 37.1 Å². The van der Waals surface area contributed by atoms with E-state index in [-0.39, 0.29) is 17.4 Å². The smallest absolute Gasteiger partial charge is 0.285 e. The van der Waals surface area contributed by atoms with Gasteiger partial charge < -0.3 is 16.0 Å². The number of aromatic nitrogens is 2. The van der Waals surface area contributed by atoms with Crippen LogP contribution in [0.2, 0.25) is 0 Å². The van der Waals surface area contributed by atoms with Crippen LogP contribution < -0.4 is 16.0 Å². The number of pyridine rings is 2. The number of hydrogen-bond donors (Lipinski definition) is 3. The van der Waals surface area contributed by atoms with Crippen LogP contribution in [0.25, 0.3) is 0 Å². The second kappa shape index (κ2) is 10.4. The minimum absolute atomic E-state index is 0.165. The quantitative estimate of drug-likeness (QED) is 0.413. The number of amides is 2. The van der Waals surface area contributed by atoms with E-state index in [4.69, 9.17) is 0 Å². The Balaban J connectivity index is 1.95. The van der Waals surface area contributed by atoms with Crippen LogP contribution in [0, 0.1) is 6.92 Å². The molecule has 0 spiro atoms. The number of alkyl halides is 2. The third-order valence-corrected chi connectivity index (χ3v) is 4.57. The van der Waals surface area contributed by atoms with Crippen molar-refractivity contribution in [2.75, 3.05) is 23.7 Å². The number of nitrogens with one attached hydrogen (secondary N) is 3. The summed E-state index contributed by atoms with van der Waals surface area (Å²) in [5.41, 5.74) is -1.53. The maximum atomic E-state index is 13.4. The van der Waals surface area contributed by atoms with E-state index in [1.54, 1.807) is 19.9 Å². The molecule has 0 radical (unpaired) electrons. The normalized spacial score (nSPS) is 11.1. The van der Waals surface area contributed by atoms with Crippen molar-refractivity contribution in [2.45, 2.75) is 39.3 Å². The topological polar surface area (TPSA) is 96.0 Å². The first-order chi connectivity index (χ1) is 14.1. The molecule has 0 aliphatic carbocycles. The molecule has 2 rings (SSSR count). The van der Waals surface area contributed by atoms with Crippen LogP contribution >= 0.6 is 9.24 Å². The van der Waals surface area contributed by atoms with Crippen LogP contribution in [0.15, 0.2) is 24.4 Å². The summed E-state index contributed by atoms with van der Waals surface area (Å²) in [5.74, 6) is 0.339. The number of anilines is 2. The van der Waals surface area contributed by atoms with Gasteiger partial charge >= 0.3 is 0 Å². The van der Waals surface area contributed by atoms with Crippen LogP contribution in [-0.4, -0.2) is 34.9 Å². The summed E-state index contributed by atoms with van der Waals surface area (Å²) >= 11 is 0. The highest BCUT2D eigenvalue weighted by atomic mass is 31.0. The van der Waals surface area contributed by atoms with Gasteiger partial charge in [0.15, 0.2) is 0 Å². The fourth-order valence-corrected chi connectivity index (χ4v) is 2.83. The van der Waals surface area contributed by atoms with Gasteiger partial charge in [0, 0.05) is 42.5 Å². The highest BCUT2D eigenvalue weighted by Crippen LogP contribution is 2.35. The van der Waals surface area contributed by atoms with Gasteiger partial charge in [-0.15, -0.1) is 0 Å². The van der Waals surface area contributed by atoms with E-state index in [1.807, 2.05) is 6.92 Å². The Morgan fingerprint density at radius 2 is 1.90 bits per heavy atom. The Bertz CT molecular complexity index is 919. The molecular formula is C20H26F2N5O2P. The molecule has 3 N–H and O–H groups in total. The highest BCUT2D eigenvalue weighted by molar-refractivity contribution is 7.17. The van der Waals surface area contributed by atoms with Crippen molar-refractivity contribution < 1.29 is 18.4 Å². The molecule has 0 aliphatic heterocycles. The van der Waals surface area contributed by atoms with E-state index in [2.05, 4.69) is 25.9 Å². The van der Waals surface area contributed by atoms with Crippen LogP contribution in [0.5, 0.6) is 0 Å². The largest absolute Gasteiger partial charge is 0.368 e. The minimum atomic E-state index is -3.03. The Morgan fingerprint density at radius 1 is 1.17 bits per heavy atom. The third kappa shape index (κ3) is 6.69. The number of aryl methyl sites for hydroxylation is 2. The van der Waals surface area contributed by atoms with E-state index >= 15 is 0 Å². The van der Waals surface area contributed by atoms with Crippen molar-refractivity contribution in [1.82, 2.24) is 15.3 Å². The Hall–Kier alpha value is -2.67. The summed E-state index contributed by atoms with van der Waals surface area (Å²) in [4.78, 5) is 32.2. The fourth-order valence-electron chi connectivity index (χ4n) is 2.68. The molecule has 162 valence electrons. The van der Waals surface area contributed by atoms with Crippen LogP contribution in [0.1, 0.15) is 47.4 Å². The molecule has 0 aromatic carbocycles. The van der Waals surface area contributed by atoms with Crippen molar-refractivity contribution in [1.29, 1.82) is 0 Å². The van der Waals surface area contributed by atoms with E-state index in [1.165, 1.54) is 21.4 Å². The lowest BCUT2D eigenvalue weighted by Crippen LogP contribution is -2.29. The first-order valence-electron chi connectivity index (χ1n) is 9.60. The maximum absolute atomic E-state index is 13.4. The predicted molar refractivity (Wildman–Crippen MR) is 116 cm³/mol. The molecule has 0 fully saturated rings. The van der Waals surface area contributed by atoms with Crippen LogP contribution in [-0.2, 0) is 16.9 Å². The monoisotopic (exact) mass is 437 g/mol. The standard InChI is InChI=1S/C20H26F2N5O2P/c1-4-13-9-15(20(21,22)30)11-25-18(13)23-6-7-24-19(29)14-8-12(3)26-16(10-14)27-17(28)5-2/h8-11H,4-7,30H2,1-3H3,(H,23,25)(H,24,29)(H,26,27,28). The van der Waals surface area contributed by atoms with Gasteiger partial charge in [-0.1, -0.05) is 23.1 Å². The Morgan fingerprint density at radius 3 is 2.53 bits per heavy atom. The SMILES string of the molecule is CCC(=O)Nc1cc(C(=O)NCCNc2ncc(C(F)(F)P)cc2CC)cc(C)n1. The fraction of sp³-hybridized carbons (Fsp3) is 0.400. The van der Waals surface area contributed by atoms with E-state index in [0.29, 0.717) is 54.4 Å². The summed E-state index contributed by atoms with van der Waals surface area (Å²) < 4.78 is 26.9. The molecule has 30 heavy (non-hydrogen) atoms. The summed E-state index contributed by atoms with van der Waals surface area (Å²) in [6, 6.07) is 4.57. The molecule has 7 nitrogen and oxygen atoms in total. The molecule has 2 aromatic rings. The molecule has 2 aromatic heterocycles. The molecule has 2 amide bonds. The number of halogens is 2. The van der Waals surface area contributed by atoms with Crippen LogP contribution in [0.3, 0.4) is 0 Å². The zero-order chi connectivity index (χ0) is 22.3. The summed E-state index contributed by atoms with van der Waals surface area (Å²) in [6.07, 6.45) is 1.99. The van der Waals surface area contributed by atoms with Gasteiger partial charge in [-0.2, -0.15) is 8.78 Å². The first-order valence-corrected chi connectivity index (χ1v) is 10.2. The van der Waals surface area contributed by atoms with Gasteiger partial charge in [0.2, 0.25) is 5.91 Å². The van der Waals surface area contributed by atoms with Gasteiger partial charge in [0.05, 0.1) is 0 Å². The number of hydrogen-bond acceptors (Lipinski definition) is 5. The van der Waals surface area contributed by atoms with E-state index in [9.17, 15) is 18.4 Å². The van der Waals surface area contributed by atoms with Crippen molar-refractivity contribution >= 4 is 32.7 Å². The van der Waals surface area contributed by atoms with Crippen molar-refractivity contribution in [3.63, 3.8) is 0 Å². The second-order valence-electron chi connectivity index (χ2n) is 6.68. The van der Waals surface area contributed by atoms with Crippen LogP contribution in [0.4, 0.5) is 20.4 Å². The van der Waals surface area contributed by atoms with Gasteiger partial charge in [0.1, 0.15) is 11.6 Å². The minimum Gasteiger partial charge on any atom is -0.368 e. The zero-order valence-corrected chi connectivity index (χ0v) is 18.3. The lowest BCUT2D eigenvalue weighted by atomic mass is 10.1. The van der Waals surface area contributed by atoms with E-state index < -0.39 is 5.66 Å². The molecule has 2 heterocycles. The average molecular weight is 437 g/mol. The van der Waals surface area contributed by atoms with Gasteiger partial charge in [0.25, 0.3) is 11.6 Å². The summed E-state index contributed by atoms with van der Waals surface area (Å²) in [7, 11) is 1.50. The Labute approximate surface area is 176 Å². The molecule has 1 atom stereocenters. The number of nitrogens with zero attached hydrogens (tertiary/aromatic N) is 2. The van der Waals surface area contributed by atoms with E-state index in [0.717, 1.165) is 6.20 Å². The van der Waals surface area contributed by atoms with Crippen molar-refractivity contribution in [3.05, 3.63) is 46.8 Å². The molecule has 10 heteroatoms. The number of rotatable bonds is 9. The lowest BCUT2D eigenvalue weighted by Gasteiger charge is -2.15. The lowest BCUT2D eigenvalue weighted by molar-refractivity contribution is -0.115. The molecule has 0 aliphatic rings. The molecular weight excluding hydrogens is 411 g/mol.